The first-order chi connectivity index (χ1) is 39.0. The Labute approximate surface area is 492 Å². The quantitative estimate of drug-likeness (QED) is 0.0222. The minimum atomic E-state index is -4.94. The van der Waals surface area contributed by atoms with Gasteiger partial charge in [0.05, 0.1) is 26.4 Å². The Kier molecular flexibility index (Phi) is 54.6. The fourth-order valence-corrected chi connectivity index (χ4v) is 10.8. The molecule has 0 rings (SSSR count). The highest BCUT2D eigenvalue weighted by molar-refractivity contribution is 7.47. The van der Waals surface area contributed by atoms with E-state index >= 15 is 0 Å². The molecular weight excluding hydrogens is 1080 g/mol. The molecule has 81 heavy (non-hydrogen) atoms. The number of phosphoric ester groups is 2. The third kappa shape index (κ3) is 56.9. The maximum absolute atomic E-state index is 12.9. The topological polar surface area (TPSA) is 237 Å². The van der Waals surface area contributed by atoms with Gasteiger partial charge in [0, 0.05) is 25.7 Å². The van der Waals surface area contributed by atoms with Gasteiger partial charge in [0.2, 0.25) is 0 Å². The Morgan fingerprint density at radius 1 is 0.333 bits per heavy atom. The summed E-state index contributed by atoms with van der Waals surface area (Å²) in [4.78, 5) is 71.8. The Morgan fingerprint density at radius 2 is 0.568 bits per heavy atom. The van der Waals surface area contributed by atoms with Gasteiger partial charge >= 0.3 is 39.5 Å². The van der Waals surface area contributed by atoms with Crippen molar-refractivity contribution in [1.82, 2.24) is 0 Å². The lowest BCUT2D eigenvalue weighted by atomic mass is 10.0. The van der Waals surface area contributed by atoms with Gasteiger partial charge in [-0.05, 0) is 31.6 Å². The molecule has 0 radical (unpaired) electrons. The largest absolute Gasteiger partial charge is 0.472 e. The second kappa shape index (κ2) is 55.9. The summed E-state index contributed by atoms with van der Waals surface area (Å²) in [6.07, 6.45) is 39.4. The second-order valence-corrected chi connectivity index (χ2v) is 25.8. The van der Waals surface area contributed by atoms with Crippen LogP contribution in [-0.2, 0) is 65.4 Å². The molecule has 0 aliphatic carbocycles. The lowest BCUT2D eigenvalue weighted by Gasteiger charge is -2.21. The number of esters is 4. The van der Waals surface area contributed by atoms with Gasteiger partial charge in [-0.2, -0.15) is 0 Å². The minimum absolute atomic E-state index is 0.105. The van der Waals surface area contributed by atoms with Crippen LogP contribution in [0.5, 0.6) is 0 Å². The first-order valence-electron chi connectivity index (χ1n) is 32.6. The van der Waals surface area contributed by atoms with Crippen molar-refractivity contribution in [2.24, 2.45) is 5.92 Å². The van der Waals surface area contributed by atoms with Crippen molar-refractivity contribution in [3.05, 3.63) is 0 Å². The monoisotopic (exact) mass is 1200 g/mol. The summed E-state index contributed by atoms with van der Waals surface area (Å²) >= 11 is 0. The number of hydrogen-bond acceptors (Lipinski definition) is 15. The van der Waals surface area contributed by atoms with Crippen LogP contribution in [0.15, 0.2) is 0 Å². The summed E-state index contributed by atoms with van der Waals surface area (Å²) in [7, 11) is -9.87. The number of hydrogen-bond donors (Lipinski definition) is 3. The van der Waals surface area contributed by atoms with Crippen molar-refractivity contribution >= 4 is 39.5 Å². The molecule has 0 amide bonds. The molecule has 480 valence electrons. The smallest absolute Gasteiger partial charge is 0.462 e. The van der Waals surface area contributed by atoms with Crippen molar-refractivity contribution in [2.75, 3.05) is 39.6 Å². The van der Waals surface area contributed by atoms with E-state index in [4.69, 9.17) is 37.0 Å². The minimum Gasteiger partial charge on any atom is -0.462 e. The van der Waals surface area contributed by atoms with Crippen molar-refractivity contribution in [3.8, 4) is 0 Å². The number of carbonyl (C=O) groups is 4. The molecule has 2 unspecified atom stereocenters. The molecule has 0 spiro atoms. The van der Waals surface area contributed by atoms with E-state index in [2.05, 4.69) is 34.6 Å². The van der Waals surface area contributed by atoms with Gasteiger partial charge in [-0.25, -0.2) is 9.13 Å². The van der Waals surface area contributed by atoms with Crippen LogP contribution in [-0.4, -0.2) is 96.7 Å². The van der Waals surface area contributed by atoms with E-state index in [0.717, 1.165) is 103 Å². The predicted molar refractivity (Wildman–Crippen MR) is 322 cm³/mol. The average molecular weight is 1200 g/mol. The molecule has 0 aliphatic rings. The highest BCUT2D eigenvalue weighted by Gasteiger charge is 2.30. The molecule has 0 fully saturated rings. The number of ether oxygens (including phenoxy) is 4. The van der Waals surface area contributed by atoms with Crippen molar-refractivity contribution in [2.45, 2.75) is 329 Å². The lowest BCUT2D eigenvalue weighted by molar-refractivity contribution is -0.161. The molecule has 0 aromatic carbocycles. The van der Waals surface area contributed by atoms with Crippen LogP contribution in [0.2, 0.25) is 0 Å². The molecule has 0 saturated carbocycles. The van der Waals surface area contributed by atoms with Gasteiger partial charge in [0.1, 0.15) is 19.3 Å². The third-order valence-corrected chi connectivity index (χ3v) is 16.2. The van der Waals surface area contributed by atoms with Crippen molar-refractivity contribution in [3.63, 3.8) is 0 Å². The zero-order valence-corrected chi connectivity index (χ0v) is 53.7. The number of unbranched alkanes of at least 4 members (excludes halogenated alkanes) is 34. The highest BCUT2D eigenvalue weighted by Crippen LogP contribution is 2.45. The van der Waals surface area contributed by atoms with Crippen LogP contribution < -0.4 is 0 Å². The van der Waals surface area contributed by atoms with Crippen LogP contribution in [0, 0.1) is 5.92 Å². The highest BCUT2D eigenvalue weighted by atomic mass is 31.2. The molecule has 19 heteroatoms. The molecule has 0 aromatic heterocycles. The first kappa shape index (κ1) is 79.1. The number of aliphatic hydroxyl groups excluding tert-OH is 1. The zero-order chi connectivity index (χ0) is 59.9. The van der Waals surface area contributed by atoms with Crippen molar-refractivity contribution in [1.29, 1.82) is 0 Å². The fourth-order valence-electron chi connectivity index (χ4n) is 9.23. The van der Waals surface area contributed by atoms with Gasteiger partial charge in [-0.15, -0.1) is 0 Å². The third-order valence-electron chi connectivity index (χ3n) is 14.3. The summed E-state index contributed by atoms with van der Waals surface area (Å²) < 4.78 is 67.7. The number of phosphoric acid groups is 2. The molecule has 17 nitrogen and oxygen atoms in total. The van der Waals surface area contributed by atoms with E-state index < -0.39 is 97.5 Å². The Morgan fingerprint density at radius 3 is 0.840 bits per heavy atom. The van der Waals surface area contributed by atoms with E-state index in [9.17, 15) is 43.2 Å². The van der Waals surface area contributed by atoms with Crippen LogP contribution in [0.1, 0.15) is 311 Å². The number of rotatable bonds is 62. The fraction of sp³-hybridized carbons (Fsp3) is 0.935. The first-order valence-corrected chi connectivity index (χ1v) is 35.6. The maximum Gasteiger partial charge on any atom is 0.472 e. The molecule has 0 aromatic rings. The van der Waals surface area contributed by atoms with Crippen LogP contribution >= 0.6 is 15.6 Å². The van der Waals surface area contributed by atoms with E-state index in [1.54, 1.807) is 0 Å². The molecule has 0 heterocycles. The van der Waals surface area contributed by atoms with E-state index in [1.165, 1.54) is 122 Å². The van der Waals surface area contributed by atoms with Gasteiger partial charge < -0.3 is 33.8 Å². The van der Waals surface area contributed by atoms with E-state index in [-0.39, 0.29) is 25.7 Å². The second-order valence-electron chi connectivity index (χ2n) is 22.9. The molecule has 5 atom stereocenters. The number of aliphatic hydroxyl groups is 1. The molecular formula is C62H120O17P2. The Hall–Kier alpha value is -1.94. The summed E-state index contributed by atoms with van der Waals surface area (Å²) in [5, 5.41) is 10.5. The van der Waals surface area contributed by atoms with Gasteiger partial charge in [0.15, 0.2) is 12.2 Å². The van der Waals surface area contributed by atoms with Crippen molar-refractivity contribution < 1.29 is 80.2 Å². The predicted octanol–water partition coefficient (Wildman–Crippen LogP) is 17.0. The number of carbonyl (C=O) groups excluding carboxylic acids is 4. The van der Waals surface area contributed by atoms with Gasteiger partial charge in [0.25, 0.3) is 0 Å². The van der Waals surface area contributed by atoms with Crippen LogP contribution in [0.3, 0.4) is 0 Å². The van der Waals surface area contributed by atoms with E-state index in [1.807, 2.05) is 0 Å². The molecule has 3 N–H and O–H groups in total. The lowest BCUT2D eigenvalue weighted by Crippen LogP contribution is -2.30. The summed E-state index contributed by atoms with van der Waals surface area (Å²) in [6, 6.07) is 0. The average Bonchev–Trinajstić information content (AvgIpc) is 3.43. The maximum atomic E-state index is 12.9. The summed E-state index contributed by atoms with van der Waals surface area (Å²) in [6.45, 7) is 7.03. The molecule has 0 bridgehead atoms. The SMILES string of the molecule is CCCCCCCCCCCCCCCCCCC(=O)O[C@H](COC(=O)CCCCCCCCCC(C)C)COP(=O)(O)OC[C@@H](O)COP(=O)(O)OC[C@@H](COC(=O)CCCCCCC)OC(=O)CCCCCCCCCCCC. The summed E-state index contributed by atoms with van der Waals surface area (Å²) in [5.41, 5.74) is 0. The zero-order valence-electron chi connectivity index (χ0n) is 51.9. The Balaban J connectivity index is 5.15. The van der Waals surface area contributed by atoms with E-state index in [0.29, 0.717) is 31.6 Å². The standard InChI is InChI=1S/C62H120O17P2/c1-6-9-12-15-17-19-21-22-23-24-25-26-28-32-38-43-48-62(67)79-58(52-73-60(65)46-41-36-33-29-30-35-39-44-55(4)5)54-77-81(70,71)75-50-56(63)49-74-80(68,69)76-53-57(51-72-59(64)45-40-34-14-11-8-3)78-61(66)47-42-37-31-27-20-18-16-13-10-7-2/h55-58,63H,6-54H2,1-5H3,(H,68,69)(H,70,71)/t56-,57+,58+/m0/s1. The van der Waals surface area contributed by atoms with Crippen LogP contribution in [0.25, 0.3) is 0 Å². The molecule has 0 aliphatic heterocycles. The van der Waals surface area contributed by atoms with Crippen LogP contribution in [0.4, 0.5) is 0 Å². The van der Waals surface area contributed by atoms with Gasteiger partial charge in [-0.1, -0.05) is 259 Å². The Bertz CT molecular complexity index is 1580. The summed E-state index contributed by atoms with van der Waals surface area (Å²) in [5.74, 6) is -1.44. The normalized spacial score (nSPS) is 14.3. The molecule has 0 saturated heterocycles. The van der Waals surface area contributed by atoms with Gasteiger partial charge in [-0.3, -0.25) is 37.3 Å².